The molecular formula is C23H22N2O3S. The van der Waals surface area contributed by atoms with Gasteiger partial charge in [-0.25, -0.2) is 0 Å². The molecule has 1 amide bonds. The van der Waals surface area contributed by atoms with Gasteiger partial charge in [0.25, 0.3) is 5.91 Å². The number of hydrogen-bond acceptors (Lipinski definition) is 5. The zero-order chi connectivity index (χ0) is 20.2. The first-order valence-electron chi connectivity index (χ1n) is 9.40. The zero-order valence-electron chi connectivity index (χ0n) is 16.3. The van der Waals surface area contributed by atoms with E-state index >= 15 is 0 Å². The third-order valence-corrected chi connectivity index (χ3v) is 5.61. The first-order valence-corrected chi connectivity index (χ1v) is 10.2. The van der Waals surface area contributed by atoms with Gasteiger partial charge in [-0.15, -0.1) is 0 Å². The Labute approximate surface area is 174 Å². The lowest BCUT2D eigenvalue weighted by Gasteiger charge is -2.18. The van der Waals surface area contributed by atoms with Crippen molar-refractivity contribution in [1.82, 2.24) is 0 Å². The van der Waals surface area contributed by atoms with E-state index in [1.807, 2.05) is 68.4 Å². The highest BCUT2D eigenvalue weighted by molar-refractivity contribution is 8.00. The van der Waals surface area contributed by atoms with Gasteiger partial charge in [0.15, 0.2) is 11.5 Å². The summed E-state index contributed by atoms with van der Waals surface area (Å²) in [6.07, 6.45) is 0. The minimum atomic E-state index is -0.133. The Morgan fingerprint density at radius 1 is 0.931 bits per heavy atom. The molecule has 0 spiro atoms. The van der Waals surface area contributed by atoms with Crippen molar-refractivity contribution in [3.63, 3.8) is 0 Å². The van der Waals surface area contributed by atoms with Gasteiger partial charge >= 0.3 is 0 Å². The minimum Gasteiger partial charge on any atom is -0.486 e. The molecule has 0 saturated carbocycles. The van der Waals surface area contributed by atoms with E-state index in [2.05, 4.69) is 10.0 Å². The van der Waals surface area contributed by atoms with Crippen molar-refractivity contribution >= 4 is 29.2 Å². The molecule has 0 saturated heterocycles. The van der Waals surface area contributed by atoms with Gasteiger partial charge in [0.05, 0.1) is 0 Å². The van der Waals surface area contributed by atoms with Crippen LogP contribution in [0.3, 0.4) is 0 Å². The zero-order valence-corrected chi connectivity index (χ0v) is 17.1. The number of nitrogens with one attached hydrogen (secondary N) is 2. The SMILES string of the molecule is Cc1cccc(NC(=O)c2cccc(NSc3ccc4c(c3)OCCO4)c2)c1C. The predicted octanol–water partition coefficient (Wildman–Crippen LogP) is 5.45. The second kappa shape index (κ2) is 8.49. The summed E-state index contributed by atoms with van der Waals surface area (Å²) in [6.45, 7) is 5.18. The van der Waals surface area contributed by atoms with Crippen molar-refractivity contribution in [2.24, 2.45) is 0 Å². The van der Waals surface area contributed by atoms with E-state index < -0.39 is 0 Å². The second-order valence-electron chi connectivity index (χ2n) is 6.79. The fourth-order valence-electron chi connectivity index (χ4n) is 3.01. The number of ether oxygens (including phenoxy) is 2. The average Bonchev–Trinajstić information content (AvgIpc) is 2.75. The molecule has 6 heteroatoms. The summed E-state index contributed by atoms with van der Waals surface area (Å²) in [4.78, 5) is 13.7. The van der Waals surface area contributed by atoms with Crippen LogP contribution in [-0.4, -0.2) is 19.1 Å². The lowest BCUT2D eigenvalue weighted by atomic mass is 10.1. The fourth-order valence-corrected chi connectivity index (χ4v) is 3.67. The lowest BCUT2D eigenvalue weighted by molar-refractivity contribution is 0.102. The van der Waals surface area contributed by atoms with Crippen LogP contribution in [0.25, 0.3) is 0 Å². The number of rotatable bonds is 5. The van der Waals surface area contributed by atoms with Gasteiger partial charge in [0.1, 0.15) is 13.2 Å². The van der Waals surface area contributed by atoms with E-state index in [1.165, 1.54) is 11.9 Å². The molecule has 0 radical (unpaired) electrons. The lowest BCUT2D eigenvalue weighted by Crippen LogP contribution is -2.15. The Balaban J connectivity index is 1.43. The predicted molar refractivity (Wildman–Crippen MR) is 117 cm³/mol. The molecule has 5 nitrogen and oxygen atoms in total. The van der Waals surface area contributed by atoms with Crippen LogP contribution in [0, 0.1) is 13.8 Å². The number of aryl methyl sites for hydroxylation is 1. The molecule has 0 bridgehead atoms. The minimum absolute atomic E-state index is 0.133. The van der Waals surface area contributed by atoms with Crippen molar-refractivity contribution < 1.29 is 14.3 Å². The molecule has 0 unspecified atom stereocenters. The average molecular weight is 407 g/mol. The Bertz CT molecular complexity index is 1050. The highest BCUT2D eigenvalue weighted by atomic mass is 32.2. The molecule has 1 aliphatic heterocycles. The van der Waals surface area contributed by atoms with Crippen LogP contribution in [-0.2, 0) is 0 Å². The van der Waals surface area contributed by atoms with Crippen molar-refractivity contribution in [3.05, 3.63) is 77.4 Å². The van der Waals surface area contributed by atoms with Crippen LogP contribution < -0.4 is 19.5 Å². The molecule has 0 atom stereocenters. The van der Waals surface area contributed by atoms with Crippen molar-refractivity contribution in [3.8, 4) is 11.5 Å². The summed E-state index contributed by atoms with van der Waals surface area (Å²) in [5, 5.41) is 3.00. The largest absolute Gasteiger partial charge is 0.486 e. The number of hydrogen-bond donors (Lipinski definition) is 2. The first kappa shape index (κ1) is 19.2. The van der Waals surface area contributed by atoms with E-state index in [4.69, 9.17) is 9.47 Å². The third-order valence-electron chi connectivity index (χ3n) is 4.78. The molecule has 0 aromatic heterocycles. The number of carbonyl (C=O) groups is 1. The Morgan fingerprint density at radius 3 is 2.59 bits per heavy atom. The van der Waals surface area contributed by atoms with Gasteiger partial charge < -0.3 is 19.5 Å². The molecule has 0 fully saturated rings. The van der Waals surface area contributed by atoms with Gasteiger partial charge in [0, 0.05) is 21.8 Å². The smallest absolute Gasteiger partial charge is 0.255 e. The summed E-state index contributed by atoms with van der Waals surface area (Å²) in [5.74, 6) is 1.39. The Morgan fingerprint density at radius 2 is 1.72 bits per heavy atom. The van der Waals surface area contributed by atoms with E-state index in [0.717, 1.165) is 38.9 Å². The van der Waals surface area contributed by atoms with Crippen LogP contribution >= 0.6 is 11.9 Å². The molecule has 3 aromatic carbocycles. The Kier molecular flexibility index (Phi) is 5.62. The van der Waals surface area contributed by atoms with E-state index in [-0.39, 0.29) is 5.91 Å². The number of carbonyl (C=O) groups excluding carboxylic acids is 1. The van der Waals surface area contributed by atoms with Gasteiger partial charge in [-0.2, -0.15) is 0 Å². The summed E-state index contributed by atoms with van der Waals surface area (Å²) < 4.78 is 14.5. The van der Waals surface area contributed by atoms with Crippen LogP contribution in [0.1, 0.15) is 21.5 Å². The van der Waals surface area contributed by atoms with Gasteiger partial charge in [0.2, 0.25) is 0 Å². The molecule has 1 heterocycles. The van der Waals surface area contributed by atoms with E-state index in [9.17, 15) is 4.79 Å². The molecule has 3 aromatic rings. The molecule has 29 heavy (non-hydrogen) atoms. The Hall–Kier alpha value is -3.12. The fraction of sp³-hybridized carbons (Fsp3) is 0.174. The summed E-state index contributed by atoms with van der Waals surface area (Å²) in [6, 6.07) is 19.2. The number of fused-ring (bicyclic) bond motifs is 1. The maximum absolute atomic E-state index is 12.7. The van der Waals surface area contributed by atoms with Crippen molar-refractivity contribution in [2.75, 3.05) is 23.3 Å². The maximum Gasteiger partial charge on any atom is 0.255 e. The van der Waals surface area contributed by atoms with Crippen LogP contribution in [0.2, 0.25) is 0 Å². The van der Waals surface area contributed by atoms with Gasteiger partial charge in [-0.1, -0.05) is 18.2 Å². The van der Waals surface area contributed by atoms with Gasteiger partial charge in [-0.05, 0) is 79.4 Å². The van der Waals surface area contributed by atoms with E-state index in [0.29, 0.717) is 18.8 Å². The first-order chi connectivity index (χ1) is 14.1. The summed E-state index contributed by atoms with van der Waals surface area (Å²) in [7, 11) is 0. The van der Waals surface area contributed by atoms with Crippen molar-refractivity contribution in [2.45, 2.75) is 18.7 Å². The van der Waals surface area contributed by atoms with Gasteiger partial charge in [-0.3, -0.25) is 4.79 Å². The van der Waals surface area contributed by atoms with Crippen molar-refractivity contribution in [1.29, 1.82) is 0 Å². The van der Waals surface area contributed by atoms with E-state index in [1.54, 1.807) is 6.07 Å². The number of benzene rings is 3. The molecule has 1 aliphatic rings. The second-order valence-corrected chi connectivity index (χ2v) is 7.67. The number of amides is 1. The standard InChI is InChI=1S/C23H22N2O3S/c1-15-5-3-8-20(16(15)2)24-23(26)17-6-4-7-18(13-17)25-29-19-9-10-21-22(14-19)28-12-11-27-21/h3-10,13-14,25H,11-12H2,1-2H3,(H,24,26). The summed E-state index contributed by atoms with van der Waals surface area (Å²) >= 11 is 1.46. The topological polar surface area (TPSA) is 59.6 Å². The third kappa shape index (κ3) is 4.49. The summed E-state index contributed by atoms with van der Waals surface area (Å²) in [5.41, 5.74) is 4.49. The highest BCUT2D eigenvalue weighted by Gasteiger charge is 2.13. The molecular weight excluding hydrogens is 384 g/mol. The maximum atomic E-state index is 12.7. The van der Waals surface area contributed by atoms with Crippen LogP contribution in [0.5, 0.6) is 11.5 Å². The van der Waals surface area contributed by atoms with Crippen LogP contribution in [0.15, 0.2) is 65.6 Å². The molecule has 4 rings (SSSR count). The quantitative estimate of drug-likeness (QED) is 0.552. The molecule has 2 N–H and O–H groups in total. The molecule has 148 valence electrons. The van der Waals surface area contributed by atoms with Crippen LogP contribution in [0.4, 0.5) is 11.4 Å². The monoisotopic (exact) mass is 406 g/mol. The molecule has 0 aliphatic carbocycles. The highest BCUT2D eigenvalue weighted by Crippen LogP contribution is 2.34. The normalized spacial score (nSPS) is 12.3. The number of anilines is 2.